The van der Waals surface area contributed by atoms with Gasteiger partial charge in [0, 0.05) is 7.11 Å². The van der Waals surface area contributed by atoms with Crippen molar-refractivity contribution in [3.05, 3.63) is 40.1 Å². The summed E-state index contributed by atoms with van der Waals surface area (Å²) in [7, 11) is 1.57. The molecule has 0 aliphatic rings. The number of rotatable bonds is 2. The first kappa shape index (κ1) is 9.74. The van der Waals surface area contributed by atoms with E-state index in [1.54, 1.807) is 19.2 Å². The third-order valence-electron chi connectivity index (χ3n) is 1.92. The Morgan fingerprint density at radius 2 is 2.15 bits per heavy atom. The van der Waals surface area contributed by atoms with Gasteiger partial charge in [-0.05, 0) is 24.6 Å². The molecule has 0 amide bonds. The van der Waals surface area contributed by atoms with Gasteiger partial charge in [-0.3, -0.25) is 4.79 Å². The highest BCUT2D eigenvalue weighted by molar-refractivity contribution is 5.24. The molecule has 3 nitrogen and oxygen atoms in total. The van der Waals surface area contributed by atoms with Gasteiger partial charge in [-0.15, -0.1) is 0 Å². The minimum Gasteiger partial charge on any atom is -0.504 e. The van der Waals surface area contributed by atoms with Crippen LogP contribution in [0.1, 0.15) is 18.6 Å². The van der Waals surface area contributed by atoms with E-state index in [1.165, 1.54) is 12.1 Å². The van der Waals surface area contributed by atoms with E-state index in [-0.39, 0.29) is 17.3 Å². The summed E-state index contributed by atoms with van der Waals surface area (Å²) in [5.74, 6) is -0.241. The van der Waals surface area contributed by atoms with Crippen LogP contribution in [-0.2, 0) is 4.74 Å². The van der Waals surface area contributed by atoms with Crippen molar-refractivity contribution in [1.29, 1.82) is 0 Å². The zero-order valence-corrected chi connectivity index (χ0v) is 7.65. The molecule has 0 saturated carbocycles. The number of ether oxygens (including phenoxy) is 1. The summed E-state index contributed by atoms with van der Waals surface area (Å²) in [6.45, 7) is 1.84. The van der Waals surface area contributed by atoms with E-state index in [2.05, 4.69) is 0 Å². The maximum absolute atomic E-state index is 11.2. The minimum atomic E-state index is -0.385. The van der Waals surface area contributed by atoms with Crippen LogP contribution in [0.5, 0.6) is 5.75 Å². The lowest BCUT2D eigenvalue weighted by Gasteiger charge is -2.06. The molecule has 0 aliphatic heterocycles. The predicted octanol–water partition coefficient (Wildman–Crippen LogP) is 1.46. The van der Waals surface area contributed by atoms with E-state index in [0.717, 1.165) is 5.56 Å². The van der Waals surface area contributed by atoms with Crippen molar-refractivity contribution in [1.82, 2.24) is 0 Å². The van der Waals surface area contributed by atoms with Crippen LogP contribution in [0.25, 0.3) is 0 Å². The fraction of sp³-hybridized carbons (Fsp3) is 0.300. The molecule has 0 fully saturated rings. The van der Waals surface area contributed by atoms with Crippen molar-refractivity contribution < 1.29 is 9.84 Å². The van der Waals surface area contributed by atoms with Crippen LogP contribution in [0.3, 0.4) is 0 Å². The summed E-state index contributed by atoms with van der Waals surface area (Å²) < 4.78 is 5.05. The first-order chi connectivity index (χ1) is 6.15. The molecule has 13 heavy (non-hydrogen) atoms. The summed E-state index contributed by atoms with van der Waals surface area (Å²) in [5.41, 5.74) is 0.372. The molecule has 1 aromatic carbocycles. The van der Waals surface area contributed by atoms with Gasteiger partial charge >= 0.3 is 0 Å². The van der Waals surface area contributed by atoms with Gasteiger partial charge in [-0.1, -0.05) is 12.1 Å². The van der Waals surface area contributed by atoms with Gasteiger partial charge in [0.1, 0.15) is 0 Å². The summed E-state index contributed by atoms with van der Waals surface area (Å²) in [6, 6.07) is 6.12. The van der Waals surface area contributed by atoms with Crippen LogP contribution < -0.4 is 5.43 Å². The Morgan fingerprint density at radius 1 is 1.46 bits per heavy atom. The van der Waals surface area contributed by atoms with Crippen molar-refractivity contribution in [2.75, 3.05) is 7.11 Å². The second kappa shape index (κ2) is 4.05. The van der Waals surface area contributed by atoms with Gasteiger partial charge in [0.2, 0.25) is 5.43 Å². The van der Waals surface area contributed by atoms with E-state index in [4.69, 9.17) is 9.84 Å². The topological polar surface area (TPSA) is 46.5 Å². The van der Waals surface area contributed by atoms with Gasteiger partial charge in [0.05, 0.1) is 6.10 Å². The van der Waals surface area contributed by atoms with Gasteiger partial charge in [-0.2, -0.15) is 0 Å². The van der Waals surface area contributed by atoms with Gasteiger partial charge in [0.25, 0.3) is 0 Å². The molecule has 0 aromatic heterocycles. The average molecular weight is 180 g/mol. The molecule has 0 radical (unpaired) electrons. The fourth-order valence-electron chi connectivity index (χ4n) is 0.995. The zero-order chi connectivity index (χ0) is 9.84. The Hall–Kier alpha value is -1.35. The third kappa shape index (κ3) is 2.29. The van der Waals surface area contributed by atoms with E-state index < -0.39 is 0 Å². The summed E-state index contributed by atoms with van der Waals surface area (Å²) in [6.07, 6.45) is -0.139. The van der Waals surface area contributed by atoms with Crippen LogP contribution >= 0.6 is 0 Å². The van der Waals surface area contributed by atoms with Crippen molar-refractivity contribution >= 4 is 0 Å². The van der Waals surface area contributed by atoms with Gasteiger partial charge in [-0.25, -0.2) is 0 Å². The first-order valence-electron chi connectivity index (χ1n) is 4.01. The van der Waals surface area contributed by atoms with Crippen LogP contribution in [-0.4, -0.2) is 12.2 Å². The van der Waals surface area contributed by atoms with E-state index in [9.17, 15) is 4.79 Å². The Balaban J connectivity index is 3.21. The highest BCUT2D eigenvalue weighted by atomic mass is 16.5. The monoisotopic (exact) mass is 180 g/mol. The molecule has 0 heterocycles. The first-order valence-corrected chi connectivity index (χ1v) is 4.01. The summed E-state index contributed by atoms with van der Waals surface area (Å²) in [4.78, 5) is 11.2. The van der Waals surface area contributed by atoms with E-state index in [1.807, 2.05) is 6.92 Å². The van der Waals surface area contributed by atoms with Crippen molar-refractivity contribution in [2.45, 2.75) is 13.0 Å². The molecule has 1 rings (SSSR count). The second-order valence-electron chi connectivity index (χ2n) is 2.80. The predicted molar refractivity (Wildman–Crippen MR) is 49.8 cm³/mol. The van der Waals surface area contributed by atoms with Crippen LogP contribution in [0.15, 0.2) is 29.1 Å². The summed E-state index contributed by atoms with van der Waals surface area (Å²) >= 11 is 0. The standard InChI is InChI=1S/C10H12O3/c1-7(13-2)8-4-3-5-9(11)10(12)6-8/h3-7H,1-2H3,(H,11,12). The molecular weight excluding hydrogens is 168 g/mol. The fourth-order valence-corrected chi connectivity index (χ4v) is 0.995. The lowest BCUT2D eigenvalue weighted by Crippen LogP contribution is -1.99. The number of hydrogen-bond donors (Lipinski definition) is 1. The Bertz CT molecular complexity index is 346. The average Bonchev–Trinajstić information content (AvgIpc) is 2.28. The smallest absolute Gasteiger partial charge is 0.220 e. The highest BCUT2D eigenvalue weighted by Crippen LogP contribution is 2.13. The minimum absolute atomic E-state index is 0.139. The lowest BCUT2D eigenvalue weighted by molar-refractivity contribution is 0.119. The molecule has 1 atom stereocenters. The molecule has 0 spiro atoms. The molecule has 3 heteroatoms. The molecule has 1 unspecified atom stereocenters. The second-order valence-corrected chi connectivity index (χ2v) is 2.80. The number of methoxy groups -OCH3 is 1. The molecule has 1 N–H and O–H groups in total. The number of hydrogen-bond acceptors (Lipinski definition) is 3. The third-order valence-corrected chi connectivity index (χ3v) is 1.92. The molecule has 70 valence electrons. The van der Waals surface area contributed by atoms with E-state index >= 15 is 0 Å². The largest absolute Gasteiger partial charge is 0.504 e. The van der Waals surface area contributed by atoms with Crippen molar-refractivity contribution in [2.24, 2.45) is 0 Å². The maximum Gasteiger partial charge on any atom is 0.220 e. The maximum atomic E-state index is 11.2. The zero-order valence-electron chi connectivity index (χ0n) is 7.65. The van der Waals surface area contributed by atoms with Gasteiger partial charge in [0.15, 0.2) is 5.75 Å². The van der Waals surface area contributed by atoms with Crippen LogP contribution in [0.4, 0.5) is 0 Å². The van der Waals surface area contributed by atoms with Crippen LogP contribution in [0, 0.1) is 0 Å². The van der Waals surface area contributed by atoms with E-state index in [0.29, 0.717) is 0 Å². The molecule has 1 aromatic rings. The lowest BCUT2D eigenvalue weighted by atomic mass is 10.2. The molecule has 0 bridgehead atoms. The Morgan fingerprint density at radius 3 is 2.77 bits per heavy atom. The SMILES string of the molecule is COC(C)c1cccc(O)c(=O)c1. The quantitative estimate of drug-likeness (QED) is 0.749. The highest BCUT2D eigenvalue weighted by Gasteiger charge is 2.03. The Kier molecular flexibility index (Phi) is 3.03. The van der Waals surface area contributed by atoms with Crippen LogP contribution in [0.2, 0.25) is 0 Å². The Labute approximate surface area is 76.6 Å². The van der Waals surface area contributed by atoms with Crippen molar-refractivity contribution in [3.8, 4) is 5.75 Å². The molecule has 0 aliphatic carbocycles. The number of aromatic hydroxyl groups is 1. The molecule has 0 saturated heterocycles. The normalized spacial score (nSPS) is 12.5. The van der Waals surface area contributed by atoms with Crippen molar-refractivity contribution in [3.63, 3.8) is 0 Å². The summed E-state index contributed by atoms with van der Waals surface area (Å²) in [5, 5.41) is 9.10. The van der Waals surface area contributed by atoms with Gasteiger partial charge < -0.3 is 9.84 Å². The molecular formula is C10H12O3.